The molecule has 0 bridgehead atoms. The monoisotopic (exact) mass is 215 g/mol. The molecule has 0 spiro atoms. The summed E-state index contributed by atoms with van der Waals surface area (Å²) in [6.45, 7) is 2.56. The van der Waals surface area contributed by atoms with Crippen molar-refractivity contribution in [1.82, 2.24) is 9.97 Å². The first-order valence-electron chi connectivity index (χ1n) is 4.58. The molecule has 0 fully saturated rings. The van der Waals surface area contributed by atoms with E-state index >= 15 is 0 Å². The number of aliphatic hydroxyl groups excluding tert-OH is 1. The zero-order valence-electron chi connectivity index (χ0n) is 8.07. The van der Waals surface area contributed by atoms with E-state index in [0.29, 0.717) is 5.15 Å². The van der Waals surface area contributed by atoms with Crippen molar-refractivity contribution in [2.75, 3.05) is 11.9 Å². The third kappa shape index (κ3) is 4.39. The van der Waals surface area contributed by atoms with Crippen molar-refractivity contribution in [3.8, 4) is 0 Å². The molecule has 2 N–H and O–H groups in total. The molecule has 0 aliphatic heterocycles. The first-order valence-corrected chi connectivity index (χ1v) is 4.96. The Kier molecular flexibility index (Phi) is 4.62. The van der Waals surface area contributed by atoms with E-state index in [2.05, 4.69) is 15.3 Å². The minimum absolute atomic E-state index is 0.245. The van der Waals surface area contributed by atoms with Crippen LogP contribution in [0.2, 0.25) is 5.15 Å². The van der Waals surface area contributed by atoms with Crippen LogP contribution in [0.5, 0.6) is 0 Å². The lowest BCUT2D eigenvalue weighted by Crippen LogP contribution is -2.07. The zero-order valence-corrected chi connectivity index (χ0v) is 8.83. The molecular weight excluding hydrogens is 202 g/mol. The van der Waals surface area contributed by atoms with Gasteiger partial charge >= 0.3 is 0 Å². The van der Waals surface area contributed by atoms with Gasteiger partial charge in [0.1, 0.15) is 17.3 Å². The lowest BCUT2D eigenvalue weighted by molar-refractivity contribution is 0.183. The standard InChI is InChI=1S/C9H14ClN3O/c1-7(14)3-2-4-11-9-5-8(10)12-6-13-9/h5-7,14H,2-4H2,1H3,(H,11,12,13). The summed E-state index contributed by atoms with van der Waals surface area (Å²) in [6.07, 6.45) is 2.86. The molecule has 1 unspecified atom stereocenters. The Balaban J connectivity index is 2.25. The molecule has 0 saturated heterocycles. The van der Waals surface area contributed by atoms with Crippen molar-refractivity contribution in [3.05, 3.63) is 17.5 Å². The molecule has 0 amide bonds. The normalized spacial score (nSPS) is 12.5. The minimum atomic E-state index is -0.245. The fraction of sp³-hybridized carbons (Fsp3) is 0.556. The summed E-state index contributed by atoms with van der Waals surface area (Å²) in [5.74, 6) is 0.718. The van der Waals surface area contributed by atoms with E-state index in [0.717, 1.165) is 25.2 Å². The molecule has 0 aliphatic carbocycles. The molecule has 1 atom stereocenters. The summed E-state index contributed by atoms with van der Waals surface area (Å²) >= 11 is 5.68. The fourth-order valence-electron chi connectivity index (χ4n) is 1.04. The van der Waals surface area contributed by atoms with Crippen LogP contribution in [0.3, 0.4) is 0 Å². The lowest BCUT2D eigenvalue weighted by atomic mass is 10.2. The summed E-state index contributed by atoms with van der Waals surface area (Å²) in [6, 6.07) is 1.67. The highest BCUT2D eigenvalue weighted by molar-refractivity contribution is 6.29. The van der Waals surface area contributed by atoms with Crippen LogP contribution in [-0.4, -0.2) is 27.7 Å². The summed E-state index contributed by atoms with van der Waals surface area (Å²) in [4.78, 5) is 7.76. The van der Waals surface area contributed by atoms with Crippen molar-refractivity contribution in [1.29, 1.82) is 0 Å². The number of aliphatic hydroxyl groups is 1. The molecule has 78 valence electrons. The maximum absolute atomic E-state index is 9.02. The van der Waals surface area contributed by atoms with Gasteiger partial charge in [-0.25, -0.2) is 9.97 Å². The Morgan fingerprint density at radius 1 is 1.57 bits per heavy atom. The lowest BCUT2D eigenvalue weighted by Gasteiger charge is -2.06. The zero-order chi connectivity index (χ0) is 10.4. The predicted octanol–water partition coefficient (Wildman–Crippen LogP) is 1.70. The molecule has 1 aromatic rings. The van der Waals surface area contributed by atoms with Crippen molar-refractivity contribution in [2.45, 2.75) is 25.9 Å². The van der Waals surface area contributed by atoms with E-state index in [4.69, 9.17) is 16.7 Å². The highest BCUT2D eigenvalue weighted by atomic mass is 35.5. The average Bonchev–Trinajstić information content (AvgIpc) is 2.12. The minimum Gasteiger partial charge on any atom is -0.393 e. The predicted molar refractivity (Wildman–Crippen MR) is 56.4 cm³/mol. The molecule has 1 heterocycles. The number of nitrogens with one attached hydrogen (secondary N) is 1. The molecular formula is C9H14ClN3O. The van der Waals surface area contributed by atoms with Crippen LogP contribution < -0.4 is 5.32 Å². The van der Waals surface area contributed by atoms with Crippen LogP contribution in [0.4, 0.5) is 5.82 Å². The van der Waals surface area contributed by atoms with Crippen LogP contribution in [0.25, 0.3) is 0 Å². The maximum Gasteiger partial charge on any atom is 0.134 e. The second kappa shape index (κ2) is 5.78. The molecule has 0 radical (unpaired) electrons. The largest absolute Gasteiger partial charge is 0.393 e. The Hall–Kier alpha value is -0.870. The van der Waals surface area contributed by atoms with Gasteiger partial charge in [-0.05, 0) is 19.8 Å². The summed E-state index contributed by atoms with van der Waals surface area (Å²) in [7, 11) is 0. The molecule has 14 heavy (non-hydrogen) atoms. The number of halogens is 1. The van der Waals surface area contributed by atoms with Gasteiger partial charge in [0.25, 0.3) is 0 Å². The summed E-state index contributed by atoms with van der Waals surface area (Å²) in [5.41, 5.74) is 0. The van der Waals surface area contributed by atoms with Crippen molar-refractivity contribution >= 4 is 17.4 Å². The van der Waals surface area contributed by atoms with Crippen LogP contribution in [0.15, 0.2) is 12.4 Å². The van der Waals surface area contributed by atoms with E-state index in [9.17, 15) is 0 Å². The maximum atomic E-state index is 9.02. The van der Waals surface area contributed by atoms with Crippen LogP contribution >= 0.6 is 11.6 Å². The van der Waals surface area contributed by atoms with Crippen molar-refractivity contribution in [2.24, 2.45) is 0 Å². The molecule has 5 heteroatoms. The van der Waals surface area contributed by atoms with Gasteiger partial charge in [-0.2, -0.15) is 0 Å². The fourth-order valence-corrected chi connectivity index (χ4v) is 1.19. The van der Waals surface area contributed by atoms with Gasteiger partial charge in [-0.1, -0.05) is 11.6 Å². The van der Waals surface area contributed by atoms with Gasteiger partial charge in [0.15, 0.2) is 0 Å². The van der Waals surface area contributed by atoms with Gasteiger partial charge in [-0.15, -0.1) is 0 Å². The molecule has 0 aromatic carbocycles. The third-order valence-corrected chi connectivity index (χ3v) is 1.95. The summed E-state index contributed by atoms with van der Waals surface area (Å²) < 4.78 is 0. The van der Waals surface area contributed by atoms with E-state index in [-0.39, 0.29) is 6.10 Å². The Morgan fingerprint density at radius 2 is 2.36 bits per heavy atom. The number of nitrogens with zero attached hydrogens (tertiary/aromatic N) is 2. The van der Waals surface area contributed by atoms with E-state index in [1.165, 1.54) is 6.33 Å². The van der Waals surface area contributed by atoms with Crippen LogP contribution in [-0.2, 0) is 0 Å². The van der Waals surface area contributed by atoms with E-state index < -0.39 is 0 Å². The number of aromatic nitrogens is 2. The number of rotatable bonds is 5. The topological polar surface area (TPSA) is 58.0 Å². The van der Waals surface area contributed by atoms with Gasteiger partial charge in [-0.3, -0.25) is 0 Å². The summed E-state index contributed by atoms with van der Waals surface area (Å²) in [5, 5.41) is 12.5. The highest BCUT2D eigenvalue weighted by Gasteiger charge is 1.97. The first kappa shape index (κ1) is 11.2. The number of anilines is 1. The smallest absolute Gasteiger partial charge is 0.134 e. The average molecular weight is 216 g/mol. The highest BCUT2D eigenvalue weighted by Crippen LogP contribution is 2.08. The molecule has 1 aromatic heterocycles. The van der Waals surface area contributed by atoms with Gasteiger partial charge in [0, 0.05) is 12.6 Å². The van der Waals surface area contributed by atoms with Gasteiger partial charge in [0.05, 0.1) is 6.10 Å². The number of hydrogen-bond acceptors (Lipinski definition) is 4. The van der Waals surface area contributed by atoms with Crippen LogP contribution in [0.1, 0.15) is 19.8 Å². The van der Waals surface area contributed by atoms with Gasteiger partial charge < -0.3 is 10.4 Å². The quantitative estimate of drug-likeness (QED) is 0.580. The first-order chi connectivity index (χ1) is 6.68. The van der Waals surface area contributed by atoms with E-state index in [1.54, 1.807) is 13.0 Å². The molecule has 4 nitrogen and oxygen atoms in total. The Morgan fingerprint density at radius 3 is 3.00 bits per heavy atom. The molecule has 0 saturated carbocycles. The van der Waals surface area contributed by atoms with Crippen LogP contribution in [0, 0.1) is 0 Å². The van der Waals surface area contributed by atoms with Crippen molar-refractivity contribution in [3.63, 3.8) is 0 Å². The van der Waals surface area contributed by atoms with Crippen molar-refractivity contribution < 1.29 is 5.11 Å². The molecule has 1 rings (SSSR count). The second-order valence-electron chi connectivity index (χ2n) is 3.14. The van der Waals surface area contributed by atoms with E-state index in [1.807, 2.05) is 0 Å². The Bertz CT molecular complexity index is 281. The second-order valence-corrected chi connectivity index (χ2v) is 3.53. The molecule has 0 aliphatic rings. The number of hydrogen-bond donors (Lipinski definition) is 2. The van der Waals surface area contributed by atoms with Gasteiger partial charge in [0.2, 0.25) is 0 Å². The Labute approximate surface area is 88.3 Å². The SMILES string of the molecule is CC(O)CCCNc1cc(Cl)ncn1. The third-order valence-electron chi connectivity index (χ3n) is 1.74.